The zero-order valence-corrected chi connectivity index (χ0v) is 9.02. The smallest absolute Gasteiger partial charge is 0.219 e. The Labute approximate surface area is 81.3 Å². The second-order valence-electron chi connectivity index (χ2n) is 3.52. The molecule has 3 heteroatoms. The maximum Gasteiger partial charge on any atom is 0.219 e. The van der Waals surface area contributed by atoms with Gasteiger partial charge in [0.1, 0.15) is 0 Å². The van der Waals surface area contributed by atoms with Gasteiger partial charge in [-0.1, -0.05) is 13.8 Å². The normalized spacial score (nSPS) is 10.5. The first-order chi connectivity index (χ1) is 6.16. The molecule has 0 radical (unpaired) electrons. The van der Waals surface area contributed by atoms with Crippen molar-refractivity contribution in [3.05, 3.63) is 0 Å². The maximum absolute atomic E-state index is 11.0. The molecule has 2 N–H and O–H groups in total. The maximum atomic E-state index is 11.0. The summed E-state index contributed by atoms with van der Waals surface area (Å²) in [7, 11) is 0. The third kappa shape index (κ3) is 9.34. The molecule has 0 atom stereocenters. The highest BCUT2D eigenvalue weighted by atomic mass is 16.1. The lowest BCUT2D eigenvalue weighted by Gasteiger charge is -2.07. The molecule has 0 heterocycles. The van der Waals surface area contributed by atoms with Crippen molar-refractivity contribution < 1.29 is 4.79 Å². The minimum atomic E-state index is 0.173. The first-order valence-corrected chi connectivity index (χ1v) is 5.17. The van der Waals surface area contributed by atoms with E-state index in [0.717, 1.165) is 25.9 Å². The van der Waals surface area contributed by atoms with E-state index >= 15 is 0 Å². The van der Waals surface area contributed by atoms with Gasteiger partial charge in [0.2, 0.25) is 5.91 Å². The lowest BCUT2D eigenvalue weighted by molar-refractivity contribution is -0.121. The zero-order chi connectivity index (χ0) is 10.1. The number of amides is 1. The van der Waals surface area contributed by atoms with E-state index < -0.39 is 0 Å². The molecule has 0 unspecified atom stereocenters. The van der Waals surface area contributed by atoms with Crippen LogP contribution in [0.3, 0.4) is 0 Å². The zero-order valence-electron chi connectivity index (χ0n) is 9.02. The lowest BCUT2D eigenvalue weighted by atomic mass is 10.2. The molecule has 0 saturated heterocycles. The number of nitrogens with one attached hydrogen (secondary N) is 2. The molecule has 0 rings (SSSR count). The first kappa shape index (κ1) is 12.4. The van der Waals surface area contributed by atoms with Crippen molar-refractivity contribution in [1.29, 1.82) is 0 Å². The van der Waals surface area contributed by atoms with E-state index in [4.69, 9.17) is 0 Å². The fraction of sp³-hybridized carbons (Fsp3) is 0.900. The predicted octanol–water partition coefficient (Wildman–Crippen LogP) is 1.29. The number of hydrogen-bond acceptors (Lipinski definition) is 2. The Balaban J connectivity index is 3.11. The molecule has 0 aliphatic heterocycles. The summed E-state index contributed by atoms with van der Waals surface area (Å²) in [6, 6.07) is 0.546. The van der Waals surface area contributed by atoms with E-state index in [1.165, 1.54) is 0 Å². The van der Waals surface area contributed by atoms with E-state index in [1.807, 2.05) is 6.92 Å². The van der Waals surface area contributed by atoms with Gasteiger partial charge in [0.25, 0.3) is 0 Å². The Morgan fingerprint density at radius 2 is 2.00 bits per heavy atom. The van der Waals surface area contributed by atoms with Crippen LogP contribution in [0, 0.1) is 0 Å². The van der Waals surface area contributed by atoms with E-state index in [2.05, 4.69) is 24.5 Å². The van der Waals surface area contributed by atoms with Crippen LogP contribution in [0.4, 0.5) is 0 Å². The van der Waals surface area contributed by atoms with Crippen LogP contribution in [0.1, 0.15) is 40.0 Å². The Hall–Kier alpha value is -0.570. The fourth-order valence-corrected chi connectivity index (χ4v) is 1.09. The van der Waals surface area contributed by atoms with E-state index in [9.17, 15) is 4.79 Å². The van der Waals surface area contributed by atoms with Crippen molar-refractivity contribution in [2.24, 2.45) is 0 Å². The van der Waals surface area contributed by atoms with Crippen LogP contribution in [-0.4, -0.2) is 25.0 Å². The molecule has 0 spiro atoms. The third-order valence-corrected chi connectivity index (χ3v) is 1.76. The van der Waals surface area contributed by atoms with E-state index in [0.29, 0.717) is 12.5 Å². The molecule has 0 aromatic rings. The van der Waals surface area contributed by atoms with Crippen LogP contribution in [0.25, 0.3) is 0 Å². The summed E-state index contributed by atoms with van der Waals surface area (Å²) < 4.78 is 0. The number of rotatable bonds is 7. The van der Waals surface area contributed by atoms with Crippen LogP contribution < -0.4 is 10.6 Å². The molecule has 78 valence electrons. The molecule has 0 aliphatic rings. The van der Waals surface area contributed by atoms with Gasteiger partial charge in [0.05, 0.1) is 0 Å². The second-order valence-corrected chi connectivity index (χ2v) is 3.52. The average molecular weight is 186 g/mol. The summed E-state index contributed by atoms with van der Waals surface area (Å²) in [4.78, 5) is 11.0. The highest BCUT2D eigenvalue weighted by molar-refractivity contribution is 5.75. The van der Waals surface area contributed by atoms with Gasteiger partial charge in [-0.05, 0) is 26.3 Å². The summed E-state index contributed by atoms with van der Waals surface area (Å²) in [6.07, 6.45) is 2.72. The van der Waals surface area contributed by atoms with Gasteiger partial charge in [-0.3, -0.25) is 4.79 Å². The molecule has 3 nitrogen and oxygen atoms in total. The summed E-state index contributed by atoms with van der Waals surface area (Å²) in [5.74, 6) is 0.173. The SMILES string of the molecule is CCNC(=O)CCCCNC(C)C. The lowest BCUT2D eigenvalue weighted by Crippen LogP contribution is -2.25. The van der Waals surface area contributed by atoms with Gasteiger partial charge in [-0.2, -0.15) is 0 Å². The van der Waals surface area contributed by atoms with Crippen molar-refractivity contribution in [3.63, 3.8) is 0 Å². The van der Waals surface area contributed by atoms with Crippen molar-refractivity contribution in [2.75, 3.05) is 13.1 Å². The minimum absolute atomic E-state index is 0.173. The Kier molecular flexibility index (Phi) is 7.69. The summed E-state index contributed by atoms with van der Waals surface area (Å²) >= 11 is 0. The molecule has 0 bridgehead atoms. The number of hydrogen-bond donors (Lipinski definition) is 2. The topological polar surface area (TPSA) is 41.1 Å². The summed E-state index contributed by atoms with van der Waals surface area (Å²) in [5.41, 5.74) is 0. The van der Waals surface area contributed by atoms with E-state index in [-0.39, 0.29) is 5.91 Å². The molecule has 0 fully saturated rings. The van der Waals surface area contributed by atoms with Crippen molar-refractivity contribution >= 4 is 5.91 Å². The minimum Gasteiger partial charge on any atom is -0.356 e. The average Bonchev–Trinajstić information content (AvgIpc) is 2.03. The molecule has 0 aromatic heterocycles. The van der Waals surface area contributed by atoms with Gasteiger partial charge < -0.3 is 10.6 Å². The third-order valence-electron chi connectivity index (χ3n) is 1.76. The molecule has 0 saturated carbocycles. The second kappa shape index (κ2) is 8.05. The van der Waals surface area contributed by atoms with E-state index in [1.54, 1.807) is 0 Å². The number of carbonyl (C=O) groups excluding carboxylic acids is 1. The van der Waals surface area contributed by atoms with Crippen LogP contribution in [0.5, 0.6) is 0 Å². The molecule has 0 aromatic carbocycles. The molecular weight excluding hydrogens is 164 g/mol. The fourth-order valence-electron chi connectivity index (χ4n) is 1.09. The first-order valence-electron chi connectivity index (χ1n) is 5.17. The van der Waals surface area contributed by atoms with Crippen molar-refractivity contribution in [2.45, 2.75) is 46.1 Å². The van der Waals surface area contributed by atoms with Gasteiger partial charge in [-0.25, -0.2) is 0 Å². The largest absolute Gasteiger partial charge is 0.356 e. The highest BCUT2D eigenvalue weighted by Gasteiger charge is 1.98. The van der Waals surface area contributed by atoms with Crippen LogP contribution in [0.2, 0.25) is 0 Å². The van der Waals surface area contributed by atoms with Crippen LogP contribution >= 0.6 is 0 Å². The molecule has 0 aliphatic carbocycles. The van der Waals surface area contributed by atoms with Gasteiger partial charge >= 0.3 is 0 Å². The molecular formula is C10H22N2O. The van der Waals surface area contributed by atoms with Gasteiger partial charge in [0.15, 0.2) is 0 Å². The quantitative estimate of drug-likeness (QED) is 0.588. The number of carbonyl (C=O) groups is 1. The van der Waals surface area contributed by atoms with Crippen molar-refractivity contribution in [3.8, 4) is 0 Å². The summed E-state index contributed by atoms with van der Waals surface area (Å²) in [6.45, 7) is 7.95. The van der Waals surface area contributed by atoms with Crippen LogP contribution in [-0.2, 0) is 4.79 Å². The molecule has 1 amide bonds. The van der Waals surface area contributed by atoms with Gasteiger partial charge in [-0.15, -0.1) is 0 Å². The van der Waals surface area contributed by atoms with Crippen molar-refractivity contribution in [1.82, 2.24) is 10.6 Å². The Morgan fingerprint density at radius 1 is 1.31 bits per heavy atom. The van der Waals surface area contributed by atoms with Crippen LogP contribution in [0.15, 0.2) is 0 Å². The molecule has 13 heavy (non-hydrogen) atoms. The summed E-state index contributed by atoms with van der Waals surface area (Å²) in [5, 5.41) is 6.11. The highest BCUT2D eigenvalue weighted by Crippen LogP contribution is 1.94. The van der Waals surface area contributed by atoms with Gasteiger partial charge in [0, 0.05) is 19.0 Å². The Morgan fingerprint density at radius 3 is 2.54 bits per heavy atom. The Bertz CT molecular complexity index is 135. The standard InChI is InChI=1S/C10H22N2O/c1-4-11-10(13)7-5-6-8-12-9(2)3/h9,12H,4-8H2,1-3H3,(H,11,13). The predicted molar refractivity (Wildman–Crippen MR) is 55.7 cm³/mol. The number of unbranched alkanes of at least 4 members (excludes halogenated alkanes) is 1. The monoisotopic (exact) mass is 186 g/mol.